The number of nitriles is 1. The van der Waals surface area contributed by atoms with Crippen molar-refractivity contribution < 1.29 is 9.21 Å². The summed E-state index contributed by atoms with van der Waals surface area (Å²) in [5.41, 5.74) is 2.75. The highest BCUT2D eigenvalue weighted by Crippen LogP contribution is 2.12. The Morgan fingerprint density at radius 3 is 2.95 bits per heavy atom. The van der Waals surface area contributed by atoms with Gasteiger partial charge in [0, 0.05) is 12.1 Å². The first-order valence-electron chi connectivity index (χ1n) is 6.56. The quantitative estimate of drug-likeness (QED) is 0.770. The van der Waals surface area contributed by atoms with Crippen LogP contribution in [0, 0.1) is 11.3 Å². The second kappa shape index (κ2) is 5.58. The number of nitrogens with zero attached hydrogens (tertiary/aromatic N) is 1. The molecule has 6 heteroatoms. The molecule has 0 spiro atoms. The van der Waals surface area contributed by atoms with Crippen LogP contribution in [0.5, 0.6) is 0 Å². The van der Waals surface area contributed by atoms with Gasteiger partial charge in [0.25, 0.3) is 5.91 Å². The number of nitrogens with one attached hydrogen (secondary N) is 2. The first-order valence-corrected chi connectivity index (χ1v) is 6.56. The Bertz CT molecular complexity index is 947. The number of rotatable bonds is 3. The lowest BCUT2D eigenvalue weighted by Crippen LogP contribution is -2.22. The van der Waals surface area contributed by atoms with E-state index in [1.54, 1.807) is 36.4 Å². The average Bonchev–Trinajstić information content (AvgIpc) is 2.91. The largest absolute Gasteiger partial charge is 0.417 e. The fourth-order valence-corrected chi connectivity index (χ4v) is 2.12. The van der Waals surface area contributed by atoms with Crippen LogP contribution in [0.2, 0.25) is 0 Å². The van der Waals surface area contributed by atoms with Crippen LogP contribution < -0.4 is 11.1 Å². The molecule has 0 aliphatic heterocycles. The Morgan fingerprint density at radius 1 is 1.27 bits per heavy atom. The van der Waals surface area contributed by atoms with Crippen molar-refractivity contribution in [2.75, 3.05) is 0 Å². The molecule has 1 heterocycles. The highest BCUT2D eigenvalue weighted by atomic mass is 16.4. The molecule has 2 N–H and O–H groups in total. The van der Waals surface area contributed by atoms with E-state index in [-0.39, 0.29) is 5.91 Å². The minimum absolute atomic E-state index is 0.266. The van der Waals surface area contributed by atoms with Gasteiger partial charge in [-0.05, 0) is 35.9 Å². The smallest absolute Gasteiger partial charge is 0.408 e. The fourth-order valence-electron chi connectivity index (χ4n) is 2.12. The van der Waals surface area contributed by atoms with E-state index in [1.165, 1.54) is 6.07 Å². The van der Waals surface area contributed by atoms with Gasteiger partial charge in [-0.2, -0.15) is 5.26 Å². The summed E-state index contributed by atoms with van der Waals surface area (Å²) in [6, 6.07) is 13.7. The van der Waals surface area contributed by atoms with Gasteiger partial charge in [0.1, 0.15) is 0 Å². The van der Waals surface area contributed by atoms with Crippen LogP contribution in [-0.4, -0.2) is 10.9 Å². The molecule has 0 bridgehead atoms. The molecular weight excluding hydrogens is 282 g/mol. The molecule has 2 aromatic carbocycles. The summed E-state index contributed by atoms with van der Waals surface area (Å²) in [6.07, 6.45) is 0. The molecule has 1 aromatic heterocycles. The molecule has 108 valence electrons. The van der Waals surface area contributed by atoms with Gasteiger partial charge < -0.3 is 9.73 Å². The molecular formula is C16H11N3O3. The van der Waals surface area contributed by atoms with Crippen LogP contribution in [0.25, 0.3) is 11.1 Å². The lowest BCUT2D eigenvalue weighted by atomic mass is 10.1. The maximum absolute atomic E-state index is 12.1. The number of fused-ring (bicyclic) bond motifs is 1. The van der Waals surface area contributed by atoms with E-state index in [0.717, 1.165) is 5.56 Å². The first kappa shape index (κ1) is 13.6. The molecule has 6 nitrogen and oxygen atoms in total. The Labute approximate surface area is 125 Å². The summed E-state index contributed by atoms with van der Waals surface area (Å²) in [7, 11) is 0. The maximum atomic E-state index is 12.1. The number of carbonyl (C=O) groups excluding carboxylic acids is 1. The van der Waals surface area contributed by atoms with Gasteiger partial charge in [-0.15, -0.1) is 0 Å². The average molecular weight is 293 g/mol. The number of amides is 1. The monoisotopic (exact) mass is 293 g/mol. The second-order valence-corrected chi connectivity index (χ2v) is 4.72. The van der Waals surface area contributed by atoms with Gasteiger partial charge in [-0.1, -0.05) is 12.1 Å². The van der Waals surface area contributed by atoms with Crippen LogP contribution in [0.4, 0.5) is 0 Å². The number of aromatic amines is 1. The number of oxazole rings is 1. The van der Waals surface area contributed by atoms with Crippen molar-refractivity contribution in [3.05, 3.63) is 69.7 Å². The van der Waals surface area contributed by atoms with Crippen LogP contribution in [0.3, 0.4) is 0 Å². The third-order valence-electron chi connectivity index (χ3n) is 3.19. The molecule has 3 rings (SSSR count). The summed E-state index contributed by atoms with van der Waals surface area (Å²) < 4.78 is 4.91. The number of hydrogen-bond donors (Lipinski definition) is 2. The van der Waals surface area contributed by atoms with E-state index in [2.05, 4.69) is 10.3 Å². The summed E-state index contributed by atoms with van der Waals surface area (Å²) >= 11 is 0. The standard InChI is InChI=1S/C16H11N3O3/c17-8-10-2-1-3-12(6-10)15(20)18-9-11-4-5-14-13(7-11)19-16(21)22-14/h1-7H,9H2,(H,18,20)(H,19,21). The lowest BCUT2D eigenvalue weighted by molar-refractivity contribution is 0.0951. The molecule has 1 amide bonds. The van der Waals surface area contributed by atoms with Crippen molar-refractivity contribution in [3.63, 3.8) is 0 Å². The van der Waals surface area contributed by atoms with Gasteiger partial charge in [-0.25, -0.2) is 4.79 Å². The van der Waals surface area contributed by atoms with Gasteiger partial charge >= 0.3 is 5.76 Å². The molecule has 0 radical (unpaired) electrons. The predicted octanol–water partition coefficient (Wildman–Crippen LogP) is 1.92. The SMILES string of the molecule is N#Cc1cccc(C(=O)NCc2ccc3oc(=O)[nH]c3c2)c1. The van der Waals surface area contributed by atoms with Crippen LogP contribution in [-0.2, 0) is 6.54 Å². The van der Waals surface area contributed by atoms with Crippen molar-refractivity contribution in [2.24, 2.45) is 0 Å². The normalized spacial score (nSPS) is 10.3. The predicted molar refractivity (Wildman–Crippen MR) is 79.2 cm³/mol. The van der Waals surface area contributed by atoms with E-state index in [9.17, 15) is 9.59 Å². The molecule has 0 aliphatic rings. The van der Waals surface area contributed by atoms with Gasteiger partial charge in [0.2, 0.25) is 0 Å². The molecule has 0 fully saturated rings. The highest BCUT2D eigenvalue weighted by Gasteiger charge is 2.07. The van der Waals surface area contributed by atoms with E-state index in [1.807, 2.05) is 6.07 Å². The molecule has 22 heavy (non-hydrogen) atoms. The molecule has 0 aliphatic carbocycles. The third kappa shape index (κ3) is 2.74. The zero-order valence-electron chi connectivity index (χ0n) is 11.4. The maximum Gasteiger partial charge on any atom is 0.417 e. The molecule has 3 aromatic rings. The highest BCUT2D eigenvalue weighted by molar-refractivity contribution is 5.94. The van der Waals surface area contributed by atoms with E-state index >= 15 is 0 Å². The van der Waals surface area contributed by atoms with Crippen molar-refractivity contribution in [3.8, 4) is 6.07 Å². The molecule has 0 saturated carbocycles. The van der Waals surface area contributed by atoms with Gasteiger partial charge in [0.15, 0.2) is 5.58 Å². The number of carbonyl (C=O) groups is 1. The number of aromatic nitrogens is 1. The van der Waals surface area contributed by atoms with Gasteiger partial charge in [-0.3, -0.25) is 9.78 Å². The van der Waals surface area contributed by atoms with Crippen LogP contribution >= 0.6 is 0 Å². The first-order chi connectivity index (χ1) is 10.7. The Kier molecular flexibility index (Phi) is 3.46. The Hall–Kier alpha value is -3.33. The van der Waals surface area contributed by atoms with Crippen molar-refractivity contribution >= 4 is 17.0 Å². The zero-order valence-corrected chi connectivity index (χ0v) is 11.4. The number of hydrogen-bond acceptors (Lipinski definition) is 4. The van der Waals surface area contributed by atoms with Crippen molar-refractivity contribution in [2.45, 2.75) is 6.54 Å². The minimum Gasteiger partial charge on any atom is -0.408 e. The number of benzene rings is 2. The van der Waals surface area contributed by atoms with Crippen molar-refractivity contribution in [1.29, 1.82) is 5.26 Å². The van der Waals surface area contributed by atoms with Crippen LogP contribution in [0.1, 0.15) is 21.5 Å². The number of H-pyrrole nitrogens is 1. The zero-order chi connectivity index (χ0) is 15.5. The molecule has 0 saturated heterocycles. The summed E-state index contributed by atoms with van der Waals surface area (Å²) in [5, 5.41) is 11.6. The summed E-state index contributed by atoms with van der Waals surface area (Å²) in [6.45, 7) is 0.304. The van der Waals surface area contributed by atoms with Crippen molar-refractivity contribution in [1.82, 2.24) is 10.3 Å². The minimum atomic E-state index is -0.510. The van der Waals surface area contributed by atoms with Crippen LogP contribution in [0.15, 0.2) is 51.7 Å². The Balaban J connectivity index is 1.74. The fraction of sp³-hybridized carbons (Fsp3) is 0.0625. The summed E-state index contributed by atoms with van der Waals surface area (Å²) in [5.74, 6) is -0.776. The topological polar surface area (TPSA) is 98.9 Å². The Morgan fingerprint density at radius 2 is 2.14 bits per heavy atom. The summed E-state index contributed by atoms with van der Waals surface area (Å²) in [4.78, 5) is 25.7. The van der Waals surface area contributed by atoms with E-state index in [0.29, 0.717) is 28.8 Å². The van der Waals surface area contributed by atoms with E-state index in [4.69, 9.17) is 9.68 Å². The van der Waals surface area contributed by atoms with Gasteiger partial charge in [0.05, 0.1) is 17.1 Å². The molecule has 0 unspecified atom stereocenters. The third-order valence-corrected chi connectivity index (χ3v) is 3.19. The van der Waals surface area contributed by atoms with E-state index < -0.39 is 5.76 Å². The molecule has 0 atom stereocenters. The second-order valence-electron chi connectivity index (χ2n) is 4.72. The lowest BCUT2D eigenvalue weighted by Gasteiger charge is -2.05.